The Morgan fingerprint density at radius 3 is 2.69 bits per heavy atom. The third kappa shape index (κ3) is 4.81. The largest absolute Gasteiger partial charge is 0.481 e. The number of benzene rings is 1. The summed E-state index contributed by atoms with van der Waals surface area (Å²) in [5.74, 6) is -1.90. The number of halogens is 1. The van der Waals surface area contributed by atoms with Gasteiger partial charge in [-0.3, -0.25) is 9.59 Å². The van der Waals surface area contributed by atoms with Crippen LogP contribution in [0.2, 0.25) is 0 Å². The highest BCUT2D eigenvalue weighted by Gasteiger charge is 2.34. The van der Waals surface area contributed by atoms with Crippen molar-refractivity contribution < 1.29 is 23.8 Å². The molecule has 0 radical (unpaired) electrons. The lowest BCUT2D eigenvalue weighted by atomic mass is 9.80. The zero-order valence-corrected chi connectivity index (χ0v) is 14.9. The molecule has 3 atom stereocenters. The number of amides is 1. The quantitative estimate of drug-likeness (QED) is 0.843. The van der Waals surface area contributed by atoms with E-state index in [4.69, 9.17) is 4.74 Å². The van der Waals surface area contributed by atoms with E-state index in [0.29, 0.717) is 39.0 Å². The first-order chi connectivity index (χ1) is 12.5. The van der Waals surface area contributed by atoms with Gasteiger partial charge in [-0.15, -0.1) is 0 Å². The lowest BCUT2D eigenvalue weighted by Gasteiger charge is -2.32. The van der Waals surface area contributed by atoms with E-state index in [-0.39, 0.29) is 23.7 Å². The molecule has 1 aromatic rings. The Labute approximate surface area is 153 Å². The Bertz CT molecular complexity index is 644. The molecular weight excluding hydrogens is 337 g/mol. The minimum atomic E-state index is -0.821. The topological polar surface area (TPSA) is 66.8 Å². The first-order valence-corrected chi connectivity index (χ1v) is 9.40. The molecule has 6 heteroatoms. The molecule has 0 aromatic heterocycles. The molecule has 5 nitrogen and oxygen atoms in total. The summed E-state index contributed by atoms with van der Waals surface area (Å²) in [4.78, 5) is 26.2. The van der Waals surface area contributed by atoms with Crippen LogP contribution in [-0.4, -0.2) is 41.1 Å². The highest BCUT2D eigenvalue weighted by molar-refractivity contribution is 5.80. The van der Waals surface area contributed by atoms with Crippen LogP contribution in [0.3, 0.4) is 0 Å². The van der Waals surface area contributed by atoms with Crippen LogP contribution >= 0.6 is 0 Å². The highest BCUT2D eigenvalue weighted by Crippen LogP contribution is 2.31. The molecule has 0 bridgehead atoms. The molecule has 1 aliphatic carbocycles. The van der Waals surface area contributed by atoms with Crippen LogP contribution in [0.25, 0.3) is 0 Å². The van der Waals surface area contributed by atoms with Crippen LogP contribution in [0.15, 0.2) is 24.3 Å². The Hall–Kier alpha value is -1.95. The summed E-state index contributed by atoms with van der Waals surface area (Å²) in [6, 6.07) is 6.27. The minimum Gasteiger partial charge on any atom is -0.481 e. The normalized spacial score (nSPS) is 25.8. The van der Waals surface area contributed by atoms with Crippen molar-refractivity contribution in [2.45, 2.75) is 51.2 Å². The van der Waals surface area contributed by atoms with E-state index < -0.39 is 11.9 Å². The standard InChI is InChI=1S/C20H26FNO4/c21-17-7-1-4-14(10-17)12-22(13-18-8-3-9-26-18)19(23)15-5-2-6-16(11-15)20(24)25/h1,4,7,10,15-16,18H,2-3,5-6,8-9,11-13H2,(H,24,25). The van der Waals surface area contributed by atoms with Gasteiger partial charge in [0.05, 0.1) is 12.0 Å². The van der Waals surface area contributed by atoms with E-state index in [1.807, 2.05) is 0 Å². The smallest absolute Gasteiger partial charge is 0.306 e. The maximum Gasteiger partial charge on any atom is 0.306 e. The van der Waals surface area contributed by atoms with Gasteiger partial charge >= 0.3 is 5.97 Å². The maximum absolute atomic E-state index is 13.5. The van der Waals surface area contributed by atoms with Gasteiger partial charge in [-0.1, -0.05) is 18.6 Å². The number of rotatable bonds is 6. The number of carbonyl (C=O) groups excluding carboxylic acids is 1. The molecule has 3 unspecified atom stereocenters. The molecule has 1 saturated heterocycles. The van der Waals surface area contributed by atoms with E-state index in [1.54, 1.807) is 17.0 Å². The second-order valence-corrected chi connectivity index (χ2v) is 7.38. The molecule has 1 heterocycles. The molecule has 1 N–H and O–H groups in total. The van der Waals surface area contributed by atoms with Gasteiger partial charge in [-0.25, -0.2) is 4.39 Å². The molecule has 26 heavy (non-hydrogen) atoms. The van der Waals surface area contributed by atoms with Gasteiger partial charge < -0.3 is 14.7 Å². The average molecular weight is 363 g/mol. The van der Waals surface area contributed by atoms with E-state index in [9.17, 15) is 19.1 Å². The lowest BCUT2D eigenvalue weighted by Crippen LogP contribution is -2.42. The van der Waals surface area contributed by atoms with Gasteiger partial charge in [0.25, 0.3) is 0 Å². The van der Waals surface area contributed by atoms with Gasteiger partial charge in [-0.05, 0) is 49.8 Å². The molecule has 2 fully saturated rings. The molecule has 1 aliphatic heterocycles. The predicted octanol–water partition coefficient (Wildman–Crippen LogP) is 3.22. The number of carboxylic acids is 1. The van der Waals surface area contributed by atoms with Crippen LogP contribution in [-0.2, 0) is 20.9 Å². The van der Waals surface area contributed by atoms with Crippen molar-refractivity contribution >= 4 is 11.9 Å². The number of carboxylic acid groups (broad SMARTS) is 1. The lowest BCUT2D eigenvalue weighted by molar-refractivity contribution is -0.146. The fourth-order valence-corrected chi connectivity index (χ4v) is 4.02. The minimum absolute atomic E-state index is 0.00590. The van der Waals surface area contributed by atoms with E-state index in [0.717, 1.165) is 24.8 Å². The van der Waals surface area contributed by atoms with Crippen molar-refractivity contribution in [2.24, 2.45) is 11.8 Å². The van der Waals surface area contributed by atoms with Gasteiger partial charge in [0.2, 0.25) is 5.91 Å². The van der Waals surface area contributed by atoms with Crippen molar-refractivity contribution in [3.05, 3.63) is 35.6 Å². The molecule has 1 saturated carbocycles. The van der Waals surface area contributed by atoms with Gasteiger partial charge in [-0.2, -0.15) is 0 Å². The van der Waals surface area contributed by atoms with Crippen LogP contribution in [0.5, 0.6) is 0 Å². The van der Waals surface area contributed by atoms with Gasteiger partial charge in [0.1, 0.15) is 5.82 Å². The van der Waals surface area contributed by atoms with Crippen LogP contribution < -0.4 is 0 Å². The Morgan fingerprint density at radius 1 is 1.19 bits per heavy atom. The van der Waals surface area contributed by atoms with Crippen LogP contribution in [0.4, 0.5) is 4.39 Å². The summed E-state index contributed by atoms with van der Waals surface area (Å²) >= 11 is 0. The molecule has 1 aromatic carbocycles. The number of carbonyl (C=O) groups is 2. The number of ether oxygens (including phenoxy) is 1. The predicted molar refractivity (Wildman–Crippen MR) is 93.9 cm³/mol. The first-order valence-electron chi connectivity index (χ1n) is 9.40. The number of hydrogen-bond donors (Lipinski definition) is 1. The third-order valence-corrected chi connectivity index (χ3v) is 5.39. The highest BCUT2D eigenvalue weighted by atomic mass is 19.1. The van der Waals surface area contributed by atoms with Crippen LogP contribution in [0.1, 0.15) is 44.1 Å². The fourth-order valence-electron chi connectivity index (χ4n) is 4.02. The summed E-state index contributed by atoms with van der Waals surface area (Å²) < 4.78 is 19.2. The zero-order chi connectivity index (χ0) is 18.5. The summed E-state index contributed by atoms with van der Waals surface area (Å²) in [6.07, 6.45) is 4.39. The van der Waals surface area contributed by atoms with Gasteiger partial charge in [0.15, 0.2) is 0 Å². The molecule has 2 aliphatic rings. The van der Waals surface area contributed by atoms with Crippen molar-refractivity contribution in [1.82, 2.24) is 4.90 Å². The Kier molecular flexibility index (Phi) is 6.25. The third-order valence-electron chi connectivity index (χ3n) is 5.39. The molecule has 142 valence electrons. The van der Waals surface area contributed by atoms with Crippen molar-refractivity contribution in [3.63, 3.8) is 0 Å². The van der Waals surface area contributed by atoms with Crippen molar-refractivity contribution in [1.29, 1.82) is 0 Å². The average Bonchev–Trinajstić information content (AvgIpc) is 3.14. The van der Waals surface area contributed by atoms with E-state index in [2.05, 4.69) is 0 Å². The second-order valence-electron chi connectivity index (χ2n) is 7.38. The summed E-state index contributed by atoms with van der Waals surface area (Å²) in [5.41, 5.74) is 0.738. The van der Waals surface area contributed by atoms with Crippen molar-refractivity contribution in [2.75, 3.05) is 13.2 Å². The van der Waals surface area contributed by atoms with E-state index >= 15 is 0 Å². The summed E-state index contributed by atoms with van der Waals surface area (Å²) in [7, 11) is 0. The Morgan fingerprint density at radius 2 is 2.00 bits per heavy atom. The molecular formula is C20H26FNO4. The van der Waals surface area contributed by atoms with Crippen molar-refractivity contribution in [3.8, 4) is 0 Å². The molecule has 3 rings (SSSR count). The molecule has 0 spiro atoms. The zero-order valence-electron chi connectivity index (χ0n) is 14.9. The fraction of sp³-hybridized carbons (Fsp3) is 0.600. The number of hydrogen-bond acceptors (Lipinski definition) is 3. The SMILES string of the molecule is O=C(O)C1CCCC(C(=O)N(Cc2cccc(F)c2)CC2CCCO2)C1. The summed E-state index contributed by atoms with van der Waals surface area (Å²) in [6.45, 7) is 1.51. The number of nitrogens with zero attached hydrogens (tertiary/aromatic N) is 1. The Balaban J connectivity index is 1.72. The maximum atomic E-state index is 13.5. The second kappa shape index (κ2) is 8.62. The van der Waals surface area contributed by atoms with Crippen LogP contribution in [0, 0.1) is 17.7 Å². The molecule has 1 amide bonds. The van der Waals surface area contributed by atoms with E-state index in [1.165, 1.54) is 12.1 Å². The first kappa shape index (κ1) is 18.8. The van der Waals surface area contributed by atoms with Gasteiger partial charge in [0, 0.05) is 25.6 Å². The number of aliphatic carboxylic acids is 1. The summed E-state index contributed by atoms with van der Waals surface area (Å²) in [5, 5.41) is 9.29. The monoisotopic (exact) mass is 363 g/mol.